The summed E-state index contributed by atoms with van der Waals surface area (Å²) in [6.07, 6.45) is 1.78. The van der Waals surface area contributed by atoms with Crippen molar-refractivity contribution in [3.63, 3.8) is 0 Å². The van der Waals surface area contributed by atoms with E-state index in [1.165, 1.54) is 11.3 Å². The van der Waals surface area contributed by atoms with Gasteiger partial charge >= 0.3 is 0 Å². The molecule has 1 fully saturated rings. The minimum atomic E-state index is -2.85. The third-order valence-corrected chi connectivity index (χ3v) is 5.63. The van der Waals surface area contributed by atoms with E-state index in [0.29, 0.717) is 6.42 Å². The molecule has 2 atom stereocenters. The van der Waals surface area contributed by atoms with Crippen LogP contribution in [0.25, 0.3) is 0 Å². The van der Waals surface area contributed by atoms with Gasteiger partial charge in [-0.25, -0.2) is 13.4 Å². The molecule has 1 aromatic heterocycles. The van der Waals surface area contributed by atoms with E-state index < -0.39 is 15.9 Å². The number of hydrogen-bond acceptors (Lipinski definition) is 5. The summed E-state index contributed by atoms with van der Waals surface area (Å²) in [5, 5.41) is 10.2. The average Bonchev–Trinajstić information content (AvgIpc) is 2.70. The summed E-state index contributed by atoms with van der Waals surface area (Å²) in [6.45, 7) is 1.68. The standard InChI is InChI=1S/C9H13NO3S2/c1-6(11)8-4-10-9(14-8)7-2-3-15(12,13)5-7/h4,6-7,11H,2-3,5H2,1H3. The number of thiazole rings is 1. The number of aliphatic hydroxyl groups is 1. The first-order valence-corrected chi connectivity index (χ1v) is 7.46. The Morgan fingerprint density at radius 1 is 1.67 bits per heavy atom. The number of aliphatic hydroxyl groups excluding tert-OH is 1. The molecular weight excluding hydrogens is 234 g/mol. The molecule has 1 aliphatic rings. The van der Waals surface area contributed by atoms with E-state index in [0.717, 1.165) is 9.88 Å². The predicted molar refractivity (Wildman–Crippen MR) is 58.8 cm³/mol. The highest BCUT2D eigenvalue weighted by Crippen LogP contribution is 2.33. The molecule has 0 radical (unpaired) electrons. The summed E-state index contributed by atoms with van der Waals surface area (Å²) in [6, 6.07) is 0. The summed E-state index contributed by atoms with van der Waals surface area (Å²) in [7, 11) is -2.85. The van der Waals surface area contributed by atoms with Crippen molar-refractivity contribution in [2.24, 2.45) is 0 Å². The van der Waals surface area contributed by atoms with Crippen LogP contribution in [0.5, 0.6) is 0 Å². The number of rotatable bonds is 2. The summed E-state index contributed by atoms with van der Waals surface area (Å²) >= 11 is 1.41. The Morgan fingerprint density at radius 2 is 2.40 bits per heavy atom. The Balaban J connectivity index is 2.17. The van der Waals surface area contributed by atoms with E-state index in [4.69, 9.17) is 0 Å². The van der Waals surface area contributed by atoms with E-state index in [9.17, 15) is 13.5 Å². The highest BCUT2D eigenvalue weighted by atomic mass is 32.2. The molecule has 84 valence electrons. The van der Waals surface area contributed by atoms with Gasteiger partial charge in [0.15, 0.2) is 9.84 Å². The third-order valence-electron chi connectivity index (χ3n) is 2.53. The van der Waals surface area contributed by atoms with Gasteiger partial charge in [0.2, 0.25) is 0 Å². The average molecular weight is 247 g/mol. The summed E-state index contributed by atoms with van der Waals surface area (Å²) in [4.78, 5) is 4.98. The van der Waals surface area contributed by atoms with Gasteiger partial charge in [0, 0.05) is 12.1 Å². The van der Waals surface area contributed by atoms with Gasteiger partial charge in [-0.3, -0.25) is 0 Å². The maximum Gasteiger partial charge on any atom is 0.151 e. The molecule has 0 saturated carbocycles. The third kappa shape index (κ3) is 2.38. The van der Waals surface area contributed by atoms with Crippen LogP contribution >= 0.6 is 11.3 Å². The Hall–Kier alpha value is -0.460. The second-order valence-electron chi connectivity index (χ2n) is 3.88. The fourth-order valence-electron chi connectivity index (χ4n) is 1.67. The Morgan fingerprint density at radius 3 is 2.87 bits per heavy atom. The van der Waals surface area contributed by atoms with Crippen molar-refractivity contribution in [3.05, 3.63) is 16.1 Å². The van der Waals surface area contributed by atoms with Gasteiger partial charge in [0.05, 0.1) is 27.5 Å². The molecule has 1 N–H and O–H groups in total. The van der Waals surface area contributed by atoms with Crippen molar-refractivity contribution < 1.29 is 13.5 Å². The molecule has 0 aromatic carbocycles. The topological polar surface area (TPSA) is 67.3 Å². The van der Waals surface area contributed by atoms with Gasteiger partial charge in [-0.15, -0.1) is 11.3 Å². The minimum absolute atomic E-state index is 0.0347. The van der Waals surface area contributed by atoms with Crippen LogP contribution in [-0.2, 0) is 9.84 Å². The normalized spacial score (nSPS) is 26.7. The van der Waals surface area contributed by atoms with Crippen LogP contribution in [0.4, 0.5) is 0 Å². The second kappa shape index (κ2) is 3.84. The fraction of sp³-hybridized carbons (Fsp3) is 0.667. The van der Waals surface area contributed by atoms with Crippen molar-refractivity contribution in [2.45, 2.75) is 25.4 Å². The van der Waals surface area contributed by atoms with Crippen molar-refractivity contribution in [1.29, 1.82) is 0 Å². The summed E-state index contributed by atoms with van der Waals surface area (Å²) < 4.78 is 22.6. The lowest BCUT2D eigenvalue weighted by molar-refractivity contribution is 0.203. The molecule has 0 spiro atoms. The molecule has 1 saturated heterocycles. The van der Waals surface area contributed by atoms with E-state index in [2.05, 4.69) is 4.98 Å². The fourth-order valence-corrected chi connectivity index (χ4v) is 4.52. The van der Waals surface area contributed by atoms with Crippen LogP contribution in [0.15, 0.2) is 6.20 Å². The van der Waals surface area contributed by atoms with E-state index in [1.54, 1.807) is 13.1 Å². The van der Waals surface area contributed by atoms with Gasteiger partial charge < -0.3 is 5.11 Å². The molecule has 1 aromatic rings. The van der Waals surface area contributed by atoms with Gasteiger partial charge in [-0.05, 0) is 13.3 Å². The van der Waals surface area contributed by atoms with Crippen LogP contribution in [0.3, 0.4) is 0 Å². The number of sulfone groups is 1. The molecule has 0 amide bonds. The van der Waals surface area contributed by atoms with E-state index >= 15 is 0 Å². The first kappa shape index (κ1) is 11.0. The highest BCUT2D eigenvalue weighted by Gasteiger charge is 2.31. The number of hydrogen-bond donors (Lipinski definition) is 1. The molecule has 0 aliphatic carbocycles. The zero-order valence-corrected chi connectivity index (χ0v) is 10.0. The predicted octanol–water partition coefficient (Wildman–Crippen LogP) is 1.10. The molecule has 4 nitrogen and oxygen atoms in total. The van der Waals surface area contributed by atoms with Gasteiger partial charge in [-0.2, -0.15) is 0 Å². The van der Waals surface area contributed by atoms with Crippen molar-refractivity contribution >= 4 is 21.2 Å². The second-order valence-corrected chi connectivity index (χ2v) is 7.20. The van der Waals surface area contributed by atoms with Crippen LogP contribution in [-0.4, -0.2) is 30.0 Å². The Labute approximate surface area is 92.9 Å². The zero-order valence-electron chi connectivity index (χ0n) is 8.38. The molecule has 2 rings (SSSR count). The summed E-state index contributed by atoms with van der Waals surface area (Å²) in [5.74, 6) is 0.508. The number of nitrogens with zero attached hydrogens (tertiary/aromatic N) is 1. The monoisotopic (exact) mass is 247 g/mol. The Kier molecular flexibility index (Phi) is 2.83. The molecule has 1 aliphatic heterocycles. The van der Waals surface area contributed by atoms with Crippen molar-refractivity contribution in [1.82, 2.24) is 4.98 Å². The lowest BCUT2D eigenvalue weighted by atomic mass is 10.1. The van der Waals surface area contributed by atoms with Crippen LogP contribution in [0, 0.1) is 0 Å². The van der Waals surface area contributed by atoms with Crippen LogP contribution < -0.4 is 0 Å². The quantitative estimate of drug-likeness (QED) is 0.849. The molecular formula is C9H13NO3S2. The van der Waals surface area contributed by atoms with Gasteiger partial charge in [0.1, 0.15) is 0 Å². The molecule has 6 heteroatoms. The van der Waals surface area contributed by atoms with Crippen molar-refractivity contribution in [2.75, 3.05) is 11.5 Å². The zero-order chi connectivity index (χ0) is 11.1. The molecule has 2 unspecified atom stereocenters. The molecule has 0 bridgehead atoms. The number of aromatic nitrogens is 1. The largest absolute Gasteiger partial charge is 0.388 e. The van der Waals surface area contributed by atoms with E-state index in [1.807, 2.05) is 0 Å². The lowest BCUT2D eigenvalue weighted by Crippen LogP contribution is -2.03. The van der Waals surface area contributed by atoms with Gasteiger partial charge in [-0.1, -0.05) is 0 Å². The minimum Gasteiger partial charge on any atom is -0.388 e. The first-order valence-electron chi connectivity index (χ1n) is 4.82. The van der Waals surface area contributed by atoms with E-state index in [-0.39, 0.29) is 17.4 Å². The van der Waals surface area contributed by atoms with Crippen LogP contribution in [0.1, 0.15) is 35.3 Å². The SMILES string of the molecule is CC(O)c1cnc(C2CCS(=O)(=O)C2)s1. The van der Waals surface area contributed by atoms with Crippen molar-refractivity contribution in [3.8, 4) is 0 Å². The van der Waals surface area contributed by atoms with Gasteiger partial charge in [0.25, 0.3) is 0 Å². The Bertz CT molecular complexity index is 450. The highest BCUT2D eigenvalue weighted by molar-refractivity contribution is 7.91. The molecule has 15 heavy (non-hydrogen) atoms. The smallest absolute Gasteiger partial charge is 0.151 e. The summed E-state index contributed by atoms with van der Waals surface area (Å²) in [5.41, 5.74) is 0. The molecule has 2 heterocycles. The lowest BCUT2D eigenvalue weighted by Gasteiger charge is -2.01. The maximum absolute atomic E-state index is 11.3. The maximum atomic E-state index is 11.3. The first-order chi connectivity index (χ1) is 6.98. The van der Waals surface area contributed by atoms with Crippen LogP contribution in [0.2, 0.25) is 0 Å².